The molecule has 0 aliphatic heterocycles. The molecule has 34 heavy (non-hydrogen) atoms. The van der Waals surface area contributed by atoms with E-state index in [1.165, 1.54) is 5.39 Å². The molecular formula is C31H21NO2. The van der Waals surface area contributed by atoms with Crippen LogP contribution in [0.5, 0.6) is 5.75 Å². The van der Waals surface area contributed by atoms with Gasteiger partial charge in [-0.3, -0.25) is 4.79 Å². The van der Waals surface area contributed by atoms with E-state index in [-0.39, 0.29) is 11.3 Å². The number of rotatable bonds is 3. The van der Waals surface area contributed by atoms with E-state index in [0.29, 0.717) is 10.9 Å². The van der Waals surface area contributed by atoms with Gasteiger partial charge in [-0.2, -0.15) is 0 Å². The van der Waals surface area contributed by atoms with Gasteiger partial charge in [0.2, 0.25) is 0 Å². The van der Waals surface area contributed by atoms with Crippen molar-refractivity contribution in [2.75, 3.05) is 0 Å². The molecule has 3 N–H and O–H groups in total. The van der Waals surface area contributed by atoms with E-state index in [4.69, 9.17) is 5.73 Å². The first-order valence-corrected chi connectivity index (χ1v) is 11.2. The topological polar surface area (TPSA) is 63.3 Å². The fourth-order valence-electron chi connectivity index (χ4n) is 4.96. The number of nitrogens with two attached hydrogens (primary N) is 1. The Hall–Kier alpha value is -4.63. The molecule has 0 bridgehead atoms. The zero-order chi connectivity index (χ0) is 23.2. The summed E-state index contributed by atoms with van der Waals surface area (Å²) in [6.45, 7) is 0. The van der Waals surface area contributed by atoms with Crippen LogP contribution in [0.3, 0.4) is 0 Å². The number of carbonyl (C=O) groups excluding carboxylic acids is 1. The Morgan fingerprint density at radius 1 is 0.559 bits per heavy atom. The summed E-state index contributed by atoms with van der Waals surface area (Å²) in [6.07, 6.45) is 0. The quantitative estimate of drug-likeness (QED) is 0.304. The van der Waals surface area contributed by atoms with Gasteiger partial charge in [0, 0.05) is 5.56 Å². The van der Waals surface area contributed by atoms with E-state index < -0.39 is 5.91 Å². The predicted molar refractivity (Wildman–Crippen MR) is 140 cm³/mol. The molecule has 3 heteroatoms. The summed E-state index contributed by atoms with van der Waals surface area (Å²) in [4.78, 5) is 12.5. The van der Waals surface area contributed by atoms with Crippen molar-refractivity contribution < 1.29 is 9.90 Å². The van der Waals surface area contributed by atoms with Gasteiger partial charge in [0.05, 0.1) is 5.56 Å². The highest BCUT2D eigenvalue weighted by Gasteiger charge is 2.20. The minimum absolute atomic E-state index is 0.0886. The Morgan fingerprint density at radius 3 is 1.82 bits per heavy atom. The van der Waals surface area contributed by atoms with Crippen molar-refractivity contribution in [3.05, 3.63) is 115 Å². The zero-order valence-corrected chi connectivity index (χ0v) is 18.3. The van der Waals surface area contributed by atoms with Crippen LogP contribution in [0.15, 0.2) is 109 Å². The van der Waals surface area contributed by atoms with Gasteiger partial charge in [-0.15, -0.1) is 0 Å². The number of aromatic hydroxyl groups is 1. The molecule has 0 aliphatic carbocycles. The molecule has 162 valence electrons. The third-order valence-electron chi connectivity index (χ3n) is 6.54. The highest BCUT2D eigenvalue weighted by Crippen LogP contribution is 2.41. The average molecular weight is 440 g/mol. The molecular weight excluding hydrogens is 418 g/mol. The van der Waals surface area contributed by atoms with Crippen LogP contribution in [0, 0.1) is 0 Å². The number of primary amides is 1. The third-order valence-corrected chi connectivity index (χ3v) is 6.54. The maximum Gasteiger partial charge on any atom is 0.253 e. The van der Waals surface area contributed by atoms with E-state index in [2.05, 4.69) is 36.4 Å². The van der Waals surface area contributed by atoms with Gasteiger partial charge in [0.25, 0.3) is 5.91 Å². The van der Waals surface area contributed by atoms with Gasteiger partial charge in [0.1, 0.15) is 5.75 Å². The molecule has 0 spiro atoms. The number of amides is 1. The van der Waals surface area contributed by atoms with Gasteiger partial charge in [-0.05, 0) is 61.1 Å². The summed E-state index contributed by atoms with van der Waals surface area (Å²) in [5.74, 6) is -0.739. The number of benzene rings is 6. The molecule has 0 aromatic heterocycles. The van der Waals surface area contributed by atoms with Crippen molar-refractivity contribution in [1.82, 2.24) is 0 Å². The van der Waals surface area contributed by atoms with E-state index in [9.17, 15) is 9.90 Å². The van der Waals surface area contributed by atoms with Crippen molar-refractivity contribution in [2.24, 2.45) is 5.73 Å². The van der Waals surface area contributed by atoms with Crippen molar-refractivity contribution in [3.8, 4) is 28.0 Å². The van der Waals surface area contributed by atoms with Crippen LogP contribution >= 0.6 is 0 Å². The standard InChI is InChI=1S/C31H21NO2/c32-31(34)29-26-16-15-21(25-13-5-9-19-7-1-3-11-23(19)25)17-22(26)18-28(30(29)33)27-14-6-10-20-8-2-4-12-24(20)27/h1-18,33H,(H2,32,34). The van der Waals surface area contributed by atoms with Gasteiger partial charge in [-0.25, -0.2) is 0 Å². The lowest BCUT2D eigenvalue weighted by molar-refractivity contribution is 0.0999. The molecule has 0 saturated carbocycles. The largest absolute Gasteiger partial charge is 0.506 e. The van der Waals surface area contributed by atoms with Crippen LogP contribution in [-0.4, -0.2) is 11.0 Å². The monoisotopic (exact) mass is 439 g/mol. The third kappa shape index (κ3) is 3.10. The second-order valence-corrected chi connectivity index (χ2v) is 8.50. The lowest BCUT2D eigenvalue weighted by Gasteiger charge is -2.15. The second-order valence-electron chi connectivity index (χ2n) is 8.50. The lowest BCUT2D eigenvalue weighted by Crippen LogP contribution is -2.12. The molecule has 0 fully saturated rings. The summed E-state index contributed by atoms with van der Waals surface area (Å²) in [5.41, 5.74) is 9.50. The van der Waals surface area contributed by atoms with Crippen molar-refractivity contribution in [2.45, 2.75) is 0 Å². The molecule has 1 amide bonds. The van der Waals surface area contributed by atoms with Gasteiger partial charge >= 0.3 is 0 Å². The predicted octanol–water partition coefficient (Wildman–Crippen LogP) is 7.28. The van der Waals surface area contributed by atoms with Gasteiger partial charge < -0.3 is 10.8 Å². The highest BCUT2D eigenvalue weighted by atomic mass is 16.3. The molecule has 0 saturated heterocycles. The Labute approximate surface area is 196 Å². The fourth-order valence-corrected chi connectivity index (χ4v) is 4.96. The summed E-state index contributed by atoms with van der Waals surface area (Å²) in [6, 6.07) is 36.4. The SMILES string of the molecule is NC(=O)c1c(O)c(-c2cccc3ccccc23)cc2cc(-c3cccc4ccccc34)ccc12. The molecule has 3 nitrogen and oxygen atoms in total. The van der Waals surface area contributed by atoms with E-state index in [1.54, 1.807) is 0 Å². The number of phenols is 1. The first kappa shape index (κ1) is 20.0. The smallest absolute Gasteiger partial charge is 0.253 e. The normalized spacial score (nSPS) is 11.3. The number of hydrogen-bond donors (Lipinski definition) is 2. The molecule has 6 rings (SSSR count). The molecule has 0 radical (unpaired) electrons. The minimum Gasteiger partial charge on any atom is -0.506 e. The van der Waals surface area contributed by atoms with Gasteiger partial charge in [-0.1, -0.05) is 97.1 Å². The first-order chi connectivity index (χ1) is 16.6. The molecule has 0 heterocycles. The lowest BCUT2D eigenvalue weighted by atomic mass is 9.90. The summed E-state index contributed by atoms with van der Waals surface area (Å²) in [7, 11) is 0. The Balaban J connectivity index is 1.66. The molecule has 6 aromatic carbocycles. The maximum absolute atomic E-state index is 12.5. The fraction of sp³-hybridized carbons (Fsp3) is 0. The number of fused-ring (bicyclic) bond motifs is 3. The van der Waals surface area contributed by atoms with E-state index in [1.807, 2.05) is 72.8 Å². The number of hydrogen-bond acceptors (Lipinski definition) is 2. The molecule has 0 atom stereocenters. The molecule has 0 unspecified atom stereocenters. The van der Waals surface area contributed by atoms with Crippen LogP contribution in [0.4, 0.5) is 0 Å². The maximum atomic E-state index is 12.5. The van der Waals surface area contributed by atoms with Crippen LogP contribution in [0.25, 0.3) is 54.6 Å². The first-order valence-electron chi connectivity index (χ1n) is 11.2. The Morgan fingerprint density at radius 2 is 1.15 bits per heavy atom. The van der Waals surface area contributed by atoms with Crippen LogP contribution in [0.2, 0.25) is 0 Å². The van der Waals surface area contributed by atoms with E-state index in [0.717, 1.165) is 38.2 Å². The van der Waals surface area contributed by atoms with Crippen molar-refractivity contribution in [3.63, 3.8) is 0 Å². The minimum atomic E-state index is -0.650. The van der Waals surface area contributed by atoms with Crippen molar-refractivity contribution >= 4 is 38.2 Å². The van der Waals surface area contributed by atoms with Crippen LogP contribution in [0.1, 0.15) is 10.4 Å². The second kappa shape index (κ2) is 7.75. The van der Waals surface area contributed by atoms with E-state index >= 15 is 0 Å². The Bertz CT molecular complexity index is 1740. The van der Waals surface area contributed by atoms with Gasteiger partial charge in [0.15, 0.2) is 0 Å². The summed E-state index contributed by atoms with van der Waals surface area (Å²) < 4.78 is 0. The molecule has 0 aliphatic rings. The average Bonchev–Trinajstić information content (AvgIpc) is 2.87. The van der Waals surface area contributed by atoms with Crippen molar-refractivity contribution in [1.29, 1.82) is 0 Å². The zero-order valence-electron chi connectivity index (χ0n) is 18.3. The summed E-state index contributed by atoms with van der Waals surface area (Å²) >= 11 is 0. The number of carbonyl (C=O) groups is 1. The summed E-state index contributed by atoms with van der Waals surface area (Å²) in [5, 5.41) is 17.1. The molecule has 6 aromatic rings. The van der Waals surface area contributed by atoms with Crippen LogP contribution < -0.4 is 5.73 Å². The highest BCUT2D eigenvalue weighted by molar-refractivity contribution is 6.14. The van der Waals surface area contributed by atoms with Crippen LogP contribution in [-0.2, 0) is 0 Å². The Kier molecular flexibility index (Phi) is 4.56.